The lowest BCUT2D eigenvalue weighted by Gasteiger charge is -2.20. The molecule has 0 aliphatic carbocycles. The summed E-state index contributed by atoms with van der Waals surface area (Å²) in [7, 11) is 0. The second-order valence-corrected chi connectivity index (χ2v) is 4.41. The van der Waals surface area contributed by atoms with Crippen LogP contribution in [0.3, 0.4) is 0 Å². The molecule has 1 heterocycles. The molecule has 2 rings (SSSR count). The van der Waals surface area contributed by atoms with Crippen LogP contribution in [0.15, 0.2) is 42.7 Å². The molecule has 0 atom stereocenters. The van der Waals surface area contributed by atoms with Crippen LogP contribution in [0.2, 0.25) is 0 Å². The molecule has 0 unspecified atom stereocenters. The summed E-state index contributed by atoms with van der Waals surface area (Å²) < 4.78 is 55.0. The Morgan fingerprint density at radius 3 is 2.44 bits per heavy atom. The lowest BCUT2D eigenvalue weighted by Crippen LogP contribution is -2.15. The van der Waals surface area contributed by atoms with Gasteiger partial charge >= 0.3 is 0 Å². The van der Waals surface area contributed by atoms with Crippen LogP contribution in [0, 0.1) is 0 Å². The first-order valence-electron chi connectivity index (χ1n) is 8.39. The molecule has 2 aromatic rings. The van der Waals surface area contributed by atoms with Gasteiger partial charge in [-0.3, -0.25) is 0 Å². The third-order valence-corrected chi connectivity index (χ3v) is 2.08. The predicted octanol–water partition coefficient (Wildman–Crippen LogP) is 3.44. The molecular formula is C14H16N2. The van der Waals surface area contributed by atoms with Crippen LogP contribution in [-0.4, -0.2) is 9.97 Å². The highest BCUT2D eigenvalue weighted by Gasteiger charge is 2.20. The number of hydrogen-bond acceptors (Lipinski definition) is 2. The van der Waals surface area contributed by atoms with Crippen LogP contribution in [0.25, 0.3) is 11.1 Å². The Bertz CT molecular complexity index is 768. The Hall–Kier alpha value is -1.70. The van der Waals surface area contributed by atoms with Crippen molar-refractivity contribution < 1.29 is 9.60 Å². The van der Waals surface area contributed by atoms with Crippen molar-refractivity contribution in [3.63, 3.8) is 0 Å². The highest BCUT2D eigenvalue weighted by molar-refractivity contribution is 5.65. The summed E-state index contributed by atoms with van der Waals surface area (Å²) in [6.07, 6.45) is -0.663. The molecule has 0 aliphatic heterocycles. The molecule has 0 radical (unpaired) electrons. The maximum Gasteiger partial charge on any atom is 0.115 e. The van der Waals surface area contributed by atoms with E-state index < -0.39 is 35.6 Å². The maximum atomic E-state index is 8.07. The summed E-state index contributed by atoms with van der Waals surface area (Å²) in [5.74, 6) is 0. The van der Waals surface area contributed by atoms with Crippen molar-refractivity contribution in [3.8, 4) is 11.1 Å². The molecule has 1 aromatic heterocycles. The SMILES string of the molecule is [2H]c1nc([2H])c(-c2c([2H])c([2H])c([2H])c([2H])c2[2H])c(C(C)(C)C)n1. The second kappa shape index (κ2) is 4.05. The van der Waals surface area contributed by atoms with Gasteiger partial charge in [-0.25, -0.2) is 9.97 Å². The van der Waals surface area contributed by atoms with Crippen LogP contribution in [0.4, 0.5) is 0 Å². The normalized spacial score (nSPS) is 17.6. The van der Waals surface area contributed by atoms with Gasteiger partial charge in [-0.15, -0.1) is 0 Å². The van der Waals surface area contributed by atoms with E-state index >= 15 is 0 Å². The molecule has 0 aliphatic rings. The van der Waals surface area contributed by atoms with Gasteiger partial charge in [-0.05, 0) is 5.56 Å². The molecule has 16 heavy (non-hydrogen) atoms. The first-order chi connectivity index (χ1) is 10.5. The van der Waals surface area contributed by atoms with E-state index in [4.69, 9.17) is 9.60 Å². The monoisotopic (exact) mass is 219 g/mol. The minimum atomic E-state index is -0.591. The smallest absolute Gasteiger partial charge is 0.115 e. The van der Waals surface area contributed by atoms with E-state index in [1.807, 2.05) is 20.8 Å². The Labute approximate surface area is 106 Å². The number of hydrogen-bond donors (Lipinski definition) is 0. The topological polar surface area (TPSA) is 25.8 Å². The summed E-state index contributed by atoms with van der Waals surface area (Å²) in [4.78, 5) is 7.72. The summed E-state index contributed by atoms with van der Waals surface area (Å²) in [5, 5.41) is 0. The van der Waals surface area contributed by atoms with Gasteiger partial charge in [0.15, 0.2) is 0 Å². The molecular weight excluding hydrogens is 196 g/mol. The molecule has 82 valence electrons. The molecule has 0 saturated heterocycles. The van der Waals surface area contributed by atoms with Crippen LogP contribution in [0.5, 0.6) is 0 Å². The van der Waals surface area contributed by atoms with Crippen molar-refractivity contribution in [1.29, 1.82) is 0 Å². The average Bonchev–Trinajstić information content (AvgIpc) is 2.43. The molecule has 0 spiro atoms. The Balaban J connectivity index is 3.00. The van der Waals surface area contributed by atoms with E-state index in [9.17, 15) is 0 Å². The van der Waals surface area contributed by atoms with E-state index in [0.717, 1.165) is 0 Å². The molecule has 0 saturated carbocycles. The van der Waals surface area contributed by atoms with Crippen LogP contribution in [-0.2, 0) is 5.41 Å². The Kier molecular flexibility index (Phi) is 1.29. The van der Waals surface area contributed by atoms with Crippen molar-refractivity contribution in [3.05, 3.63) is 48.4 Å². The van der Waals surface area contributed by atoms with Gasteiger partial charge in [-0.2, -0.15) is 0 Å². The van der Waals surface area contributed by atoms with Crippen LogP contribution in [0.1, 0.15) is 36.1 Å². The number of rotatable bonds is 1. The highest BCUT2D eigenvalue weighted by atomic mass is 14.8. The standard InChI is InChI=1S/C14H16N2/c1-14(2,3)13-12(9-15-10-16-13)11-7-5-4-6-8-11/h4-10H,1-3H3/i4D,5D,6D,7D,8D,9D,10D. The minimum absolute atomic E-state index is 0.0745. The maximum absolute atomic E-state index is 8.07. The van der Waals surface area contributed by atoms with Crippen molar-refractivity contribution >= 4 is 0 Å². The average molecular weight is 219 g/mol. The van der Waals surface area contributed by atoms with Crippen LogP contribution < -0.4 is 0 Å². The molecule has 1 aromatic carbocycles. The number of aromatic nitrogens is 2. The quantitative estimate of drug-likeness (QED) is 0.734. The first-order valence-corrected chi connectivity index (χ1v) is 4.89. The highest BCUT2D eigenvalue weighted by Crippen LogP contribution is 2.29. The Morgan fingerprint density at radius 1 is 1.12 bits per heavy atom. The van der Waals surface area contributed by atoms with E-state index in [1.54, 1.807) is 0 Å². The molecule has 0 fully saturated rings. The third kappa shape index (κ3) is 2.11. The van der Waals surface area contributed by atoms with Gasteiger partial charge < -0.3 is 0 Å². The molecule has 2 heteroatoms. The van der Waals surface area contributed by atoms with E-state index in [0.29, 0.717) is 5.69 Å². The fourth-order valence-electron chi connectivity index (χ4n) is 1.36. The summed E-state index contributed by atoms with van der Waals surface area (Å²) in [6.45, 7) is 5.44. The summed E-state index contributed by atoms with van der Waals surface area (Å²) in [5.41, 5.74) is -0.315. The summed E-state index contributed by atoms with van der Waals surface area (Å²) >= 11 is 0. The number of nitrogens with zero attached hydrogens (tertiary/aromatic N) is 2. The fourth-order valence-corrected chi connectivity index (χ4v) is 1.36. The lowest BCUT2D eigenvalue weighted by molar-refractivity contribution is 0.569. The Morgan fingerprint density at radius 2 is 1.81 bits per heavy atom. The zero-order chi connectivity index (χ0) is 17.7. The predicted molar refractivity (Wildman–Crippen MR) is 66.2 cm³/mol. The fraction of sp³-hybridized carbons (Fsp3) is 0.286. The lowest BCUT2D eigenvalue weighted by atomic mass is 9.87. The first kappa shape index (κ1) is 5.09. The van der Waals surface area contributed by atoms with E-state index in [-0.39, 0.29) is 23.6 Å². The molecule has 0 N–H and O–H groups in total. The molecule has 0 bridgehead atoms. The van der Waals surface area contributed by atoms with Gasteiger partial charge in [0, 0.05) is 17.2 Å². The van der Waals surface area contributed by atoms with Crippen molar-refractivity contribution in [2.45, 2.75) is 26.2 Å². The van der Waals surface area contributed by atoms with Gasteiger partial charge in [0.1, 0.15) is 7.67 Å². The van der Waals surface area contributed by atoms with Crippen LogP contribution >= 0.6 is 0 Å². The van der Waals surface area contributed by atoms with Crippen molar-refractivity contribution in [2.75, 3.05) is 0 Å². The van der Waals surface area contributed by atoms with Gasteiger partial charge in [0.2, 0.25) is 0 Å². The largest absolute Gasteiger partial charge is 0.244 e. The van der Waals surface area contributed by atoms with Gasteiger partial charge in [0.25, 0.3) is 0 Å². The summed E-state index contributed by atoms with van der Waals surface area (Å²) in [6, 6.07) is -2.26. The van der Waals surface area contributed by atoms with E-state index in [2.05, 4.69) is 9.97 Å². The van der Waals surface area contributed by atoms with E-state index in [1.165, 1.54) is 0 Å². The van der Waals surface area contributed by atoms with Gasteiger partial charge in [0.05, 0.1) is 13.9 Å². The molecule has 0 amide bonds. The molecule has 2 nitrogen and oxygen atoms in total. The zero-order valence-electron chi connectivity index (χ0n) is 16.4. The van der Waals surface area contributed by atoms with Crippen molar-refractivity contribution in [2.24, 2.45) is 0 Å². The van der Waals surface area contributed by atoms with Gasteiger partial charge in [-0.1, -0.05) is 51.0 Å². The minimum Gasteiger partial charge on any atom is -0.244 e. The second-order valence-electron chi connectivity index (χ2n) is 4.41. The number of benzene rings is 1. The zero-order valence-corrected chi connectivity index (χ0v) is 9.39. The third-order valence-electron chi connectivity index (χ3n) is 2.08. The van der Waals surface area contributed by atoms with Crippen molar-refractivity contribution in [1.82, 2.24) is 9.97 Å².